The van der Waals surface area contributed by atoms with Gasteiger partial charge in [0.2, 0.25) is 10.0 Å². The van der Waals surface area contributed by atoms with Crippen LogP contribution in [-0.4, -0.2) is 46.3 Å². The summed E-state index contributed by atoms with van der Waals surface area (Å²) in [5.41, 5.74) is 1.06. The Bertz CT molecular complexity index is 708. The summed E-state index contributed by atoms with van der Waals surface area (Å²) in [6.07, 6.45) is 4.78. The van der Waals surface area contributed by atoms with Gasteiger partial charge in [-0.05, 0) is 24.3 Å². The van der Waals surface area contributed by atoms with Crippen molar-refractivity contribution in [2.45, 2.75) is 31.7 Å². The lowest BCUT2D eigenvalue weighted by Gasteiger charge is -2.31. The molecule has 0 amide bonds. The maximum atomic E-state index is 12.7. The zero-order valence-electron chi connectivity index (χ0n) is 13.2. The standard InChI is InChI=1S/C16H22N4O2S/c1-14(15-5-3-2-4-6-15)11-23(21,22)19-9-7-16(8-10-19)20-13-17-12-18-20/h2-6,12-14,16H,7-11H2,1H3. The summed E-state index contributed by atoms with van der Waals surface area (Å²) in [6.45, 7) is 3.07. The minimum absolute atomic E-state index is 0.00533. The van der Waals surface area contributed by atoms with E-state index in [4.69, 9.17) is 0 Å². The van der Waals surface area contributed by atoms with E-state index < -0.39 is 10.0 Å². The van der Waals surface area contributed by atoms with Crippen LogP contribution >= 0.6 is 0 Å². The zero-order valence-corrected chi connectivity index (χ0v) is 14.1. The van der Waals surface area contributed by atoms with E-state index in [2.05, 4.69) is 10.1 Å². The predicted molar refractivity (Wildman–Crippen MR) is 88.5 cm³/mol. The first-order valence-corrected chi connectivity index (χ1v) is 9.54. The van der Waals surface area contributed by atoms with E-state index in [1.165, 1.54) is 6.33 Å². The monoisotopic (exact) mass is 334 g/mol. The number of sulfonamides is 1. The topological polar surface area (TPSA) is 68.1 Å². The first kappa shape index (κ1) is 16.1. The highest BCUT2D eigenvalue weighted by Gasteiger charge is 2.30. The van der Waals surface area contributed by atoms with Crippen molar-refractivity contribution in [1.82, 2.24) is 19.1 Å². The number of rotatable bonds is 5. The van der Waals surface area contributed by atoms with Crippen LogP contribution in [0, 0.1) is 0 Å². The quantitative estimate of drug-likeness (QED) is 0.839. The van der Waals surface area contributed by atoms with Crippen LogP contribution in [0.4, 0.5) is 0 Å². The van der Waals surface area contributed by atoms with E-state index in [0.29, 0.717) is 13.1 Å². The summed E-state index contributed by atoms with van der Waals surface area (Å²) >= 11 is 0. The van der Waals surface area contributed by atoms with Crippen LogP contribution in [0.15, 0.2) is 43.0 Å². The minimum Gasteiger partial charge on any atom is -0.250 e. The third-order valence-corrected chi connectivity index (χ3v) is 6.53. The lowest BCUT2D eigenvalue weighted by Crippen LogP contribution is -2.41. The Morgan fingerprint density at radius 3 is 2.52 bits per heavy atom. The number of benzene rings is 1. The molecule has 1 aliphatic heterocycles. The number of aromatic nitrogens is 3. The molecule has 0 aliphatic carbocycles. The van der Waals surface area contributed by atoms with E-state index in [1.807, 2.05) is 41.9 Å². The molecule has 3 rings (SSSR count). The van der Waals surface area contributed by atoms with Crippen molar-refractivity contribution in [3.05, 3.63) is 48.5 Å². The first-order chi connectivity index (χ1) is 11.1. The molecule has 1 saturated heterocycles. The Morgan fingerprint density at radius 1 is 1.22 bits per heavy atom. The molecule has 124 valence electrons. The van der Waals surface area contributed by atoms with Crippen molar-refractivity contribution in [3.63, 3.8) is 0 Å². The van der Waals surface area contributed by atoms with Crippen LogP contribution in [0.1, 0.15) is 37.3 Å². The van der Waals surface area contributed by atoms with Gasteiger partial charge in [-0.2, -0.15) is 5.10 Å². The molecule has 6 nitrogen and oxygen atoms in total. The third kappa shape index (κ3) is 3.79. The molecule has 2 heterocycles. The lowest BCUT2D eigenvalue weighted by atomic mass is 10.0. The SMILES string of the molecule is CC(CS(=O)(=O)N1CCC(n2cncn2)CC1)c1ccccc1. The molecular weight excluding hydrogens is 312 g/mol. The largest absolute Gasteiger partial charge is 0.250 e. The first-order valence-electron chi connectivity index (χ1n) is 7.93. The second kappa shape index (κ2) is 6.80. The van der Waals surface area contributed by atoms with Crippen molar-refractivity contribution < 1.29 is 8.42 Å². The Balaban J connectivity index is 1.60. The van der Waals surface area contributed by atoms with Crippen molar-refractivity contribution in [1.29, 1.82) is 0 Å². The maximum Gasteiger partial charge on any atom is 0.214 e. The number of piperidine rings is 1. The summed E-state index contributed by atoms with van der Waals surface area (Å²) in [6, 6.07) is 10.0. The van der Waals surface area contributed by atoms with Gasteiger partial charge in [-0.15, -0.1) is 0 Å². The smallest absolute Gasteiger partial charge is 0.214 e. The van der Waals surface area contributed by atoms with E-state index in [0.717, 1.165) is 18.4 Å². The summed E-state index contributed by atoms with van der Waals surface area (Å²) in [7, 11) is -3.23. The highest BCUT2D eigenvalue weighted by atomic mass is 32.2. The molecule has 1 aromatic carbocycles. The van der Waals surface area contributed by atoms with Crippen molar-refractivity contribution in [3.8, 4) is 0 Å². The van der Waals surface area contributed by atoms with Gasteiger partial charge in [-0.3, -0.25) is 0 Å². The Labute approximate surface area is 137 Å². The van der Waals surface area contributed by atoms with Gasteiger partial charge in [0.1, 0.15) is 12.7 Å². The Hall–Kier alpha value is -1.73. The maximum absolute atomic E-state index is 12.7. The Morgan fingerprint density at radius 2 is 1.91 bits per heavy atom. The summed E-state index contributed by atoms with van der Waals surface area (Å²) in [5, 5.41) is 4.15. The highest BCUT2D eigenvalue weighted by molar-refractivity contribution is 7.89. The van der Waals surface area contributed by atoms with Crippen LogP contribution in [0.5, 0.6) is 0 Å². The van der Waals surface area contributed by atoms with Crippen LogP contribution in [0.3, 0.4) is 0 Å². The number of hydrogen-bond acceptors (Lipinski definition) is 4. The zero-order chi connectivity index (χ0) is 16.3. The van der Waals surface area contributed by atoms with Crippen molar-refractivity contribution in [2.75, 3.05) is 18.8 Å². The molecule has 0 spiro atoms. The van der Waals surface area contributed by atoms with Gasteiger partial charge in [-0.25, -0.2) is 22.4 Å². The van der Waals surface area contributed by atoms with Gasteiger partial charge in [0.25, 0.3) is 0 Å². The average Bonchev–Trinajstić information content (AvgIpc) is 3.10. The molecule has 2 aromatic rings. The molecule has 0 radical (unpaired) electrons. The van der Waals surface area contributed by atoms with E-state index in [1.54, 1.807) is 10.6 Å². The average molecular weight is 334 g/mol. The van der Waals surface area contributed by atoms with Gasteiger partial charge in [0, 0.05) is 13.1 Å². The molecule has 0 N–H and O–H groups in total. The molecule has 1 aliphatic rings. The van der Waals surface area contributed by atoms with Crippen LogP contribution in [0.25, 0.3) is 0 Å². The second-order valence-corrected chi connectivity index (χ2v) is 8.11. The summed E-state index contributed by atoms with van der Waals surface area (Å²) in [5.74, 6) is 0.152. The highest BCUT2D eigenvalue weighted by Crippen LogP contribution is 2.25. The number of nitrogens with zero attached hydrogens (tertiary/aromatic N) is 4. The van der Waals surface area contributed by atoms with Crippen LogP contribution in [-0.2, 0) is 10.0 Å². The number of hydrogen-bond donors (Lipinski definition) is 0. The van der Waals surface area contributed by atoms with Gasteiger partial charge < -0.3 is 0 Å². The van der Waals surface area contributed by atoms with Crippen molar-refractivity contribution in [2.24, 2.45) is 0 Å². The molecule has 1 unspecified atom stereocenters. The fourth-order valence-corrected chi connectivity index (χ4v) is 4.89. The lowest BCUT2D eigenvalue weighted by molar-refractivity contribution is 0.260. The molecule has 1 fully saturated rings. The fraction of sp³-hybridized carbons (Fsp3) is 0.500. The van der Waals surface area contributed by atoms with Crippen LogP contribution in [0.2, 0.25) is 0 Å². The van der Waals surface area contributed by atoms with E-state index in [9.17, 15) is 8.42 Å². The van der Waals surface area contributed by atoms with Gasteiger partial charge in [0.15, 0.2) is 0 Å². The van der Waals surface area contributed by atoms with Gasteiger partial charge >= 0.3 is 0 Å². The third-order valence-electron chi connectivity index (χ3n) is 4.46. The molecular formula is C16H22N4O2S. The van der Waals surface area contributed by atoms with E-state index in [-0.39, 0.29) is 17.7 Å². The summed E-state index contributed by atoms with van der Waals surface area (Å²) < 4.78 is 28.8. The fourth-order valence-electron chi connectivity index (χ4n) is 3.09. The van der Waals surface area contributed by atoms with E-state index >= 15 is 0 Å². The van der Waals surface area contributed by atoms with Crippen LogP contribution < -0.4 is 0 Å². The molecule has 1 aromatic heterocycles. The second-order valence-electron chi connectivity index (χ2n) is 6.10. The van der Waals surface area contributed by atoms with Crippen molar-refractivity contribution >= 4 is 10.0 Å². The minimum atomic E-state index is -3.23. The predicted octanol–water partition coefficient (Wildman–Crippen LogP) is 2.05. The Kier molecular flexibility index (Phi) is 4.77. The van der Waals surface area contributed by atoms with Gasteiger partial charge in [0.05, 0.1) is 11.8 Å². The normalized spacial score (nSPS) is 18.8. The molecule has 23 heavy (non-hydrogen) atoms. The molecule has 7 heteroatoms. The molecule has 1 atom stereocenters. The molecule has 0 bridgehead atoms. The molecule has 0 saturated carbocycles. The summed E-state index contributed by atoms with van der Waals surface area (Å²) in [4.78, 5) is 3.96. The van der Waals surface area contributed by atoms with Gasteiger partial charge in [-0.1, -0.05) is 37.3 Å².